The zero-order valence-corrected chi connectivity index (χ0v) is 12.7. The molecule has 0 saturated carbocycles. The van der Waals surface area contributed by atoms with Crippen LogP contribution in [-0.4, -0.2) is 17.7 Å². The number of nitrogens with one attached hydrogen (secondary N) is 1. The third-order valence-electron chi connectivity index (χ3n) is 4.20. The summed E-state index contributed by atoms with van der Waals surface area (Å²) in [7, 11) is 0. The molecule has 1 aliphatic heterocycles. The van der Waals surface area contributed by atoms with Crippen molar-refractivity contribution in [3.05, 3.63) is 70.1 Å². The Morgan fingerprint density at radius 1 is 1.05 bits per heavy atom. The van der Waals surface area contributed by atoms with Gasteiger partial charge in [-0.25, -0.2) is 0 Å². The van der Waals surface area contributed by atoms with Crippen molar-refractivity contribution in [2.75, 3.05) is 13.1 Å². The Balaban J connectivity index is 1.69. The van der Waals surface area contributed by atoms with Crippen LogP contribution in [0.4, 0.5) is 0 Å². The van der Waals surface area contributed by atoms with Crippen molar-refractivity contribution in [2.45, 2.75) is 19.4 Å². The molecule has 0 unspecified atom stereocenters. The van der Waals surface area contributed by atoms with Crippen LogP contribution in [0.5, 0.6) is 0 Å². The first-order valence-electron chi connectivity index (χ1n) is 7.95. The molecule has 1 saturated heterocycles. The summed E-state index contributed by atoms with van der Waals surface area (Å²) in [4.78, 5) is 12.2. The second kappa shape index (κ2) is 7.23. The minimum absolute atomic E-state index is 0.0914. The van der Waals surface area contributed by atoms with Gasteiger partial charge in [0, 0.05) is 18.8 Å². The van der Waals surface area contributed by atoms with Crippen molar-refractivity contribution < 1.29 is 0 Å². The maximum Gasteiger partial charge on any atom is 0.251 e. The lowest BCUT2D eigenvalue weighted by Crippen LogP contribution is -2.32. The lowest BCUT2D eigenvalue weighted by atomic mass is 9.98. The van der Waals surface area contributed by atoms with E-state index in [1.807, 2.05) is 47.2 Å². The normalized spacial score (nSPS) is 16.2. The smallest absolute Gasteiger partial charge is 0.251 e. The van der Waals surface area contributed by atoms with Crippen LogP contribution in [0.2, 0.25) is 0 Å². The van der Waals surface area contributed by atoms with Gasteiger partial charge in [-0.1, -0.05) is 42.5 Å². The number of rotatable bonds is 4. The highest BCUT2D eigenvalue weighted by molar-refractivity contribution is 5.69. The summed E-state index contributed by atoms with van der Waals surface area (Å²) in [6, 6.07) is 13.9. The first-order chi connectivity index (χ1) is 10.8. The molecule has 0 atom stereocenters. The van der Waals surface area contributed by atoms with E-state index in [9.17, 15) is 4.79 Å². The summed E-state index contributed by atoms with van der Waals surface area (Å²) in [6.07, 6.45) is 8.26. The van der Waals surface area contributed by atoms with Crippen molar-refractivity contribution in [3.63, 3.8) is 0 Å². The Kier molecular flexibility index (Phi) is 4.86. The Labute approximate surface area is 131 Å². The molecule has 0 amide bonds. The first-order valence-corrected chi connectivity index (χ1v) is 7.95. The molecular weight excluding hydrogens is 272 g/mol. The minimum Gasteiger partial charge on any atom is -0.317 e. The number of aromatic nitrogens is 1. The van der Waals surface area contributed by atoms with Crippen LogP contribution in [0.15, 0.2) is 53.5 Å². The molecule has 0 radical (unpaired) electrons. The number of pyridine rings is 1. The lowest BCUT2D eigenvalue weighted by Gasteiger charge is -2.23. The number of hydrogen-bond acceptors (Lipinski definition) is 2. The molecule has 3 heteroatoms. The fourth-order valence-electron chi connectivity index (χ4n) is 2.88. The number of piperidine rings is 1. The van der Waals surface area contributed by atoms with Crippen LogP contribution in [0.25, 0.3) is 12.2 Å². The topological polar surface area (TPSA) is 34.0 Å². The molecule has 1 aromatic heterocycles. The highest BCUT2D eigenvalue weighted by Crippen LogP contribution is 2.13. The quantitative estimate of drug-likeness (QED) is 0.940. The molecule has 1 fully saturated rings. The second-order valence-electron chi connectivity index (χ2n) is 5.89. The van der Waals surface area contributed by atoms with Crippen LogP contribution in [0.1, 0.15) is 24.0 Å². The van der Waals surface area contributed by atoms with E-state index in [1.54, 1.807) is 6.07 Å². The third kappa shape index (κ3) is 3.95. The molecule has 0 bridgehead atoms. The molecule has 22 heavy (non-hydrogen) atoms. The second-order valence-corrected chi connectivity index (χ2v) is 5.89. The monoisotopic (exact) mass is 294 g/mol. The molecule has 1 aliphatic rings. The fraction of sp³-hybridized carbons (Fsp3) is 0.316. The van der Waals surface area contributed by atoms with E-state index in [2.05, 4.69) is 17.4 Å². The summed E-state index contributed by atoms with van der Waals surface area (Å²) in [5, 5.41) is 3.36. The molecule has 0 spiro atoms. The van der Waals surface area contributed by atoms with Gasteiger partial charge in [0.25, 0.3) is 5.56 Å². The highest BCUT2D eigenvalue weighted by Gasteiger charge is 2.13. The summed E-state index contributed by atoms with van der Waals surface area (Å²) in [5.74, 6) is 0.615. The number of nitrogens with zero attached hydrogens (tertiary/aromatic N) is 1. The van der Waals surface area contributed by atoms with Crippen molar-refractivity contribution in [2.24, 2.45) is 5.92 Å². The van der Waals surface area contributed by atoms with E-state index in [0.717, 1.165) is 43.6 Å². The molecule has 1 aromatic carbocycles. The number of benzene rings is 1. The number of hydrogen-bond donors (Lipinski definition) is 1. The average Bonchev–Trinajstić information content (AvgIpc) is 2.57. The van der Waals surface area contributed by atoms with Crippen molar-refractivity contribution in [1.29, 1.82) is 0 Å². The predicted molar refractivity (Wildman–Crippen MR) is 91.7 cm³/mol. The maximum atomic E-state index is 12.2. The van der Waals surface area contributed by atoms with Gasteiger partial charge in [-0.15, -0.1) is 0 Å². The zero-order chi connectivity index (χ0) is 15.2. The van der Waals surface area contributed by atoms with Gasteiger partial charge in [-0.2, -0.15) is 0 Å². The summed E-state index contributed by atoms with van der Waals surface area (Å²) in [6.45, 7) is 2.97. The molecule has 1 N–H and O–H groups in total. The van der Waals surface area contributed by atoms with Gasteiger partial charge >= 0.3 is 0 Å². The zero-order valence-electron chi connectivity index (χ0n) is 12.7. The standard InChI is InChI=1S/C19H22N2O/c22-19-14-17(7-6-16-4-2-1-3-5-16)10-13-21(19)15-18-8-11-20-12-9-18/h1-7,10,13-14,18,20H,8-9,11-12,15H2/b7-6+. The van der Waals surface area contributed by atoms with Crippen LogP contribution in [0, 0.1) is 5.92 Å². The molecule has 114 valence electrons. The summed E-state index contributed by atoms with van der Waals surface area (Å²) >= 11 is 0. The van der Waals surface area contributed by atoms with Crippen molar-refractivity contribution in [3.8, 4) is 0 Å². The van der Waals surface area contributed by atoms with E-state index < -0.39 is 0 Å². The predicted octanol–water partition coefficient (Wildman–Crippen LogP) is 3.02. The minimum atomic E-state index is 0.0914. The Morgan fingerprint density at radius 3 is 2.50 bits per heavy atom. The first kappa shape index (κ1) is 14.8. The molecular formula is C19H22N2O. The largest absolute Gasteiger partial charge is 0.317 e. The Morgan fingerprint density at radius 2 is 1.77 bits per heavy atom. The van der Waals surface area contributed by atoms with Crippen molar-refractivity contribution in [1.82, 2.24) is 9.88 Å². The van der Waals surface area contributed by atoms with Gasteiger partial charge in [0.15, 0.2) is 0 Å². The van der Waals surface area contributed by atoms with E-state index in [0.29, 0.717) is 5.92 Å². The average molecular weight is 294 g/mol. The molecule has 0 aliphatic carbocycles. The molecule has 2 heterocycles. The van der Waals surface area contributed by atoms with Gasteiger partial charge in [0.1, 0.15) is 0 Å². The van der Waals surface area contributed by atoms with E-state index in [4.69, 9.17) is 0 Å². The SMILES string of the molecule is O=c1cc(/C=C/c2ccccc2)ccn1CC1CCNCC1. The Bertz CT molecular complexity index is 682. The van der Waals surface area contributed by atoms with Crippen LogP contribution >= 0.6 is 0 Å². The van der Waals surface area contributed by atoms with E-state index in [-0.39, 0.29) is 5.56 Å². The van der Waals surface area contributed by atoms with E-state index in [1.165, 1.54) is 0 Å². The van der Waals surface area contributed by atoms with Gasteiger partial charge in [0.05, 0.1) is 0 Å². The fourth-order valence-corrected chi connectivity index (χ4v) is 2.88. The lowest BCUT2D eigenvalue weighted by molar-refractivity contribution is 0.330. The van der Waals surface area contributed by atoms with E-state index >= 15 is 0 Å². The molecule has 3 nitrogen and oxygen atoms in total. The summed E-state index contributed by atoms with van der Waals surface area (Å²) < 4.78 is 1.84. The van der Waals surface area contributed by atoms with Crippen LogP contribution < -0.4 is 10.9 Å². The maximum absolute atomic E-state index is 12.2. The Hall–Kier alpha value is -2.13. The van der Waals surface area contributed by atoms with Crippen LogP contribution in [0.3, 0.4) is 0 Å². The van der Waals surface area contributed by atoms with Crippen molar-refractivity contribution >= 4 is 12.2 Å². The van der Waals surface area contributed by atoms with Gasteiger partial charge < -0.3 is 9.88 Å². The molecule has 3 rings (SSSR count). The molecule has 2 aromatic rings. The van der Waals surface area contributed by atoms with Crippen LogP contribution in [-0.2, 0) is 6.54 Å². The summed E-state index contributed by atoms with van der Waals surface area (Å²) in [5.41, 5.74) is 2.19. The highest BCUT2D eigenvalue weighted by atomic mass is 16.1. The van der Waals surface area contributed by atoms with Gasteiger partial charge in [-0.05, 0) is 49.0 Å². The van der Waals surface area contributed by atoms with Gasteiger partial charge in [0.2, 0.25) is 0 Å². The third-order valence-corrected chi connectivity index (χ3v) is 4.20. The van der Waals surface area contributed by atoms with Gasteiger partial charge in [-0.3, -0.25) is 4.79 Å².